The molecule has 0 amide bonds. The molecule has 5 heteroatoms. The number of nitrogens with zero attached hydrogens (tertiary/aromatic N) is 1. The highest BCUT2D eigenvalue weighted by atomic mass is 35.5. The summed E-state index contributed by atoms with van der Waals surface area (Å²) in [5, 5.41) is 1.00. The van der Waals surface area contributed by atoms with Gasteiger partial charge in [-0.05, 0) is 47.4 Å². The first kappa shape index (κ1) is 19.7. The van der Waals surface area contributed by atoms with E-state index in [-0.39, 0.29) is 17.7 Å². The number of hydrogen-bond acceptors (Lipinski definition) is 2. The zero-order valence-electron chi connectivity index (χ0n) is 15.3. The third-order valence-electron chi connectivity index (χ3n) is 4.92. The number of rotatable bonds is 5. The summed E-state index contributed by atoms with van der Waals surface area (Å²) >= 11 is 12.1. The fraction of sp³-hybridized carbons (Fsp3) is 0.227. The van der Waals surface area contributed by atoms with Crippen LogP contribution in [0.5, 0.6) is 5.75 Å². The van der Waals surface area contributed by atoms with E-state index in [4.69, 9.17) is 27.9 Å². The van der Waals surface area contributed by atoms with Gasteiger partial charge in [-0.1, -0.05) is 55.2 Å². The van der Waals surface area contributed by atoms with Crippen LogP contribution in [0.15, 0.2) is 54.7 Å². The molecule has 140 valence electrons. The molecule has 1 heterocycles. The minimum Gasteiger partial charge on any atom is -0.497 e. The Morgan fingerprint density at radius 1 is 0.926 bits per heavy atom. The molecule has 0 saturated heterocycles. The first-order valence-corrected chi connectivity index (χ1v) is 9.41. The maximum absolute atomic E-state index is 14.8. The zero-order chi connectivity index (χ0) is 19.6. The van der Waals surface area contributed by atoms with E-state index in [1.54, 1.807) is 19.4 Å². The standard InChI is InChI=1S/C22H20Cl2FNO/c1-13(15-7-8-19(23)20(24)10-15)14(2)22-21(25)11-17(12-26-22)16-5-4-6-18(9-16)27-3/h4-14H,1-3H3. The van der Waals surface area contributed by atoms with Gasteiger partial charge < -0.3 is 4.74 Å². The largest absolute Gasteiger partial charge is 0.497 e. The Kier molecular flexibility index (Phi) is 6.03. The van der Waals surface area contributed by atoms with Gasteiger partial charge in [0.05, 0.1) is 22.8 Å². The Bertz CT molecular complexity index is 961. The lowest BCUT2D eigenvalue weighted by atomic mass is 9.86. The van der Waals surface area contributed by atoms with Gasteiger partial charge >= 0.3 is 0 Å². The maximum Gasteiger partial charge on any atom is 0.145 e. The molecule has 2 unspecified atom stereocenters. The normalized spacial score (nSPS) is 13.3. The predicted molar refractivity (Wildman–Crippen MR) is 109 cm³/mol. The summed E-state index contributed by atoms with van der Waals surface area (Å²) in [4.78, 5) is 4.42. The smallest absolute Gasteiger partial charge is 0.145 e. The Morgan fingerprint density at radius 3 is 2.37 bits per heavy atom. The molecular weight excluding hydrogens is 384 g/mol. The fourth-order valence-electron chi connectivity index (χ4n) is 3.07. The summed E-state index contributed by atoms with van der Waals surface area (Å²) in [6.07, 6.45) is 1.70. The Labute approximate surface area is 168 Å². The number of pyridine rings is 1. The van der Waals surface area contributed by atoms with Gasteiger partial charge in [0.25, 0.3) is 0 Å². The molecule has 3 rings (SSSR count). The highest BCUT2D eigenvalue weighted by Crippen LogP contribution is 2.36. The highest BCUT2D eigenvalue weighted by molar-refractivity contribution is 6.42. The third-order valence-corrected chi connectivity index (χ3v) is 5.66. The van der Waals surface area contributed by atoms with E-state index in [0.29, 0.717) is 21.3 Å². The summed E-state index contributed by atoms with van der Waals surface area (Å²) < 4.78 is 20.1. The molecule has 0 aliphatic heterocycles. The van der Waals surface area contributed by atoms with Crippen molar-refractivity contribution < 1.29 is 9.13 Å². The predicted octanol–water partition coefficient (Wildman–Crippen LogP) is 7.11. The van der Waals surface area contributed by atoms with Crippen molar-refractivity contribution >= 4 is 23.2 Å². The Balaban J connectivity index is 1.89. The van der Waals surface area contributed by atoms with Gasteiger partial charge in [0.15, 0.2) is 0 Å². The van der Waals surface area contributed by atoms with Crippen LogP contribution in [0.2, 0.25) is 10.0 Å². The van der Waals surface area contributed by atoms with Gasteiger partial charge in [-0.25, -0.2) is 4.39 Å². The van der Waals surface area contributed by atoms with E-state index >= 15 is 0 Å². The summed E-state index contributed by atoms with van der Waals surface area (Å²) in [7, 11) is 1.60. The molecule has 3 aromatic rings. The monoisotopic (exact) mass is 403 g/mol. The number of halogens is 3. The molecule has 2 atom stereocenters. The third kappa shape index (κ3) is 4.26. The second-order valence-electron chi connectivity index (χ2n) is 6.57. The van der Waals surface area contributed by atoms with Gasteiger partial charge in [0.2, 0.25) is 0 Å². The van der Waals surface area contributed by atoms with Gasteiger partial charge in [-0.15, -0.1) is 0 Å². The Hall–Kier alpha value is -2.10. The number of hydrogen-bond donors (Lipinski definition) is 0. The van der Waals surface area contributed by atoms with E-state index in [0.717, 1.165) is 16.9 Å². The topological polar surface area (TPSA) is 22.1 Å². The minimum atomic E-state index is -0.324. The van der Waals surface area contributed by atoms with Crippen molar-refractivity contribution in [3.8, 4) is 16.9 Å². The summed E-state index contributed by atoms with van der Waals surface area (Å²) in [5.41, 5.74) is 3.00. The van der Waals surface area contributed by atoms with Gasteiger partial charge in [0, 0.05) is 17.7 Å². The highest BCUT2D eigenvalue weighted by Gasteiger charge is 2.22. The number of benzene rings is 2. The molecule has 0 aliphatic rings. The average molecular weight is 404 g/mol. The maximum atomic E-state index is 14.8. The summed E-state index contributed by atoms with van der Waals surface area (Å²) in [6.45, 7) is 3.99. The number of ether oxygens (including phenoxy) is 1. The summed E-state index contributed by atoms with van der Waals surface area (Å²) in [5.74, 6) is 0.305. The molecule has 27 heavy (non-hydrogen) atoms. The van der Waals surface area contributed by atoms with Crippen LogP contribution in [0.4, 0.5) is 4.39 Å². The van der Waals surface area contributed by atoms with Crippen LogP contribution in [-0.2, 0) is 0 Å². The van der Waals surface area contributed by atoms with E-state index in [1.165, 1.54) is 6.07 Å². The average Bonchev–Trinajstić information content (AvgIpc) is 2.69. The molecule has 0 fully saturated rings. The van der Waals surface area contributed by atoms with Crippen molar-refractivity contribution in [3.05, 3.63) is 81.8 Å². The SMILES string of the molecule is COc1cccc(-c2cnc(C(C)C(C)c3ccc(Cl)c(Cl)c3)c(F)c2)c1. The first-order chi connectivity index (χ1) is 12.9. The lowest BCUT2D eigenvalue weighted by Crippen LogP contribution is -2.09. The zero-order valence-corrected chi connectivity index (χ0v) is 16.9. The van der Waals surface area contributed by atoms with Crippen molar-refractivity contribution in [2.45, 2.75) is 25.7 Å². The fourth-order valence-corrected chi connectivity index (χ4v) is 3.37. The van der Waals surface area contributed by atoms with E-state index in [1.807, 2.05) is 50.2 Å². The molecule has 2 aromatic carbocycles. The van der Waals surface area contributed by atoms with Crippen molar-refractivity contribution in [2.75, 3.05) is 7.11 Å². The molecular formula is C22H20Cl2FNO. The van der Waals surface area contributed by atoms with Crippen LogP contribution in [0.1, 0.15) is 36.9 Å². The molecule has 0 N–H and O–H groups in total. The Morgan fingerprint density at radius 2 is 1.70 bits per heavy atom. The van der Waals surface area contributed by atoms with Crippen molar-refractivity contribution in [1.82, 2.24) is 4.98 Å². The van der Waals surface area contributed by atoms with Crippen LogP contribution in [-0.4, -0.2) is 12.1 Å². The lowest BCUT2D eigenvalue weighted by Gasteiger charge is -2.21. The molecule has 1 aromatic heterocycles. The van der Waals surface area contributed by atoms with Crippen molar-refractivity contribution in [3.63, 3.8) is 0 Å². The van der Waals surface area contributed by atoms with Crippen LogP contribution in [0.25, 0.3) is 11.1 Å². The second kappa shape index (κ2) is 8.28. The molecule has 0 radical (unpaired) electrons. The quantitative estimate of drug-likeness (QED) is 0.452. The number of methoxy groups -OCH3 is 1. The van der Waals surface area contributed by atoms with E-state index in [2.05, 4.69) is 4.98 Å². The van der Waals surface area contributed by atoms with Crippen LogP contribution in [0, 0.1) is 5.82 Å². The number of aromatic nitrogens is 1. The van der Waals surface area contributed by atoms with Gasteiger partial charge in [0.1, 0.15) is 11.6 Å². The van der Waals surface area contributed by atoms with Crippen LogP contribution in [0.3, 0.4) is 0 Å². The lowest BCUT2D eigenvalue weighted by molar-refractivity contribution is 0.415. The molecule has 2 nitrogen and oxygen atoms in total. The van der Waals surface area contributed by atoms with E-state index < -0.39 is 0 Å². The van der Waals surface area contributed by atoms with Crippen LogP contribution >= 0.6 is 23.2 Å². The first-order valence-electron chi connectivity index (χ1n) is 8.65. The van der Waals surface area contributed by atoms with Crippen molar-refractivity contribution in [2.24, 2.45) is 0 Å². The molecule has 0 aliphatic carbocycles. The van der Waals surface area contributed by atoms with Crippen LogP contribution < -0.4 is 4.74 Å². The van der Waals surface area contributed by atoms with Gasteiger partial charge in [-0.3, -0.25) is 4.98 Å². The molecule has 0 saturated carbocycles. The van der Waals surface area contributed by atoms with Gasteiger partial charge in [-0.2, -0.15) is 0 Å². The molecule has 0 spiro atoms. The van der Waals surface area contributed by atoms with E-state index in [9.17, 15) is 4.39 Å². The summed E-state index contributed by atoms with van der Waals surface area (Å²) in [6, 6.07) is 14.5. The minimum absolute atomic E-state index is 0.0319. The molecule has 0 bridgehead atoms. The second-order valence-corrected chi connectivity index (χ2v) is 7.39. The van der Waals surface area contributed by atoms with Crippen molar-refractivity contribution in [1.29, 1.82) is 0 Å².